The van der Waals surface area contributed by atoms with Gasteiger partial charge in [-0.25, -0.2) is 10.4 Å². The Labute approximate surface area is 150 Å². The number of nitrogens with one attached hydrogen (secondary N) is 1. The Morgan fingerprint density at radius 2 is 2.04 bits per heavy atom. The molecule has 1 N–H and O–H groups in total. The highest BCUT2D eigenvalue weighted by Gasteiger charge is 2.32. The largest absolute Gasteiger partial charge is 0.465 e. The molecule has 1 fully saturated rings. The molecule has 0 aliphatic carbocycles. The maximum atomic E-state index is 12.4. The molecule has 128 valence electrons. The van der Waals surface area contributed by atoms with E-state index in [2.05, 4.69) is 5.43 Å². The number of nitrogens with zero attached hydrogens (tertiary/aromatic N) is 2. The van der Waals surface area contributed by atoms with Crippen molar-refractivity contribution in [2.45, 2.75) is 6.92 Å². The van der Waals surface area contributed by atoms with E-state index in [0.717, 1.165) is 11.3 Å². The van der Waals surface area contributed by atoms with E-state index in [1.165, 1.54) is 16.8 Å². The van der Waals surface area contributed by atoms with Gasteiger partial charge in [0.15, 0.2) is 4.32 Å². The smallest absolute Gasteiger partial charge is 0.321 e. The minimum absolute atomic E-state index is 0.106. The third-order valence-electron chi connectivity index (χ3n) is 3.19. The molecule has 1 aliphatic rings. The molecule has 0 atom stereocenters. The van der Waals surface area contributed by atoms with Crippen molar-refractivity contribution in [2.75, 3.05) is 32.1 Å². The van der Waals surface area contributed by atoms with Crippen LogP contribution in [0.3, 0.4) is 0 Å². The Balaban J connectivity index is 2.05. The van der Waals surface area contributed by atoms with E-state index in [0.29, 0.717) is 15.8 Å². The standard InChI is InChI=1S/C16H19N3O3S2/c1-4-22-14(20)10-17-19-15(21)13(24-16(19)23)9-11-5-7-12(8-6-11)18(2)3/h5-9,17H,4,10H2,1-3H3/b13-9+. The second kappa shape index (κ2) is 8.27. The third kappa shape index (κ3) is 4.56. The molecule has 1 aliphatic heterocycles. The lowest BCUT2D eigenvalue weighted by molar-refractivity contribution is -0.143. The molecular formula is C16H19N3O3S2. The second-order valence-electron chi connectivity index (χ2n) is 5.14. The zero-order chi connectivity index (χ0) is 17.7. The van der Waals surface area contributed by atoms with E-state index >= 15 is 0 Å². The number of thiocarbonyl (C=S) groups is 1. The quantitative estimate of drug-likeness (QED) is 0.470. The fourth-order valence-electron chi connectivity index (χ4n) is 1.98. The molecule has 2 rings (SSSR count). The zero-order valence-corrected chi connectivity index (χ0v) is 15.4. The predicted octanol–water partition coefficient (Wildman–Crippen LogP) is 2.02. The van der Waals surface area contributed by atoms with Crippen molar-refractivity contribution < 1.29 is 14.3 Å². The summed E-state index contributed by atoms with van der Waals surface area (Å²) in [6, 6.07) is 7.83. The van der Waals surface area contributed by atoms with Crippen LogP contribution in [0.1, 0.15) is 12.5 Å². The molecule has 1 heterocycles. The molecule has 0 bridgehead atoms. The molecule has 0 saturated carbocycles. The van der Waals surface area contributed by atoms with Gasteiger partial charge in [0.2, 0.25) is 0 Å². The van der Waals surface area contributed by atoms with E-state index in [1.807, 2.05) is 43.3 Å². The van der Waals surface area contributed by atoms with Crippen molar-refractivity contribution in [3.63, 3.8) is 0 Å². The Morgan fingerprint density at radius 1 is 1.38 bits per heavy atom. The summed E-state index contributed by atoms with van der Waals surface area (Å²) >= 11 is 6.38. The molecule has 1 aromatic carbocycles. The number of benzene rings is 1. The van der Waals surface area contributed by atoms with E-state index < -0.39 is 5.97 Å². The van der Waals surface area contributed by atoms with E-state index in [1.54, 1.807) is 13.0 Å². The Kier molecular flexibility index (Phi) is 6.36. The summed E-state index contributed by atoms with van der Waals surface area (Å²) in [7, 11) is 3.94. The average molecular weight is 365 g/mol. The summed E-state index contributed by atoms with van der Waals surface area (Å²) < 4.78 is 5.18. The van der Waals surface area contributed by atoms with Gasteiger partial charge in [0, 0.05) is 19.8 Å². The van der Waals surface area contributed by atoms with Gasteiger partial charge < -0.3 is 9.64 Å². The number of hydrazine groups is 1. The summed E-state index contributed by atoms with van der Waals surface area (Å²) in [6.45, 7) is 1.91. The summed E-state index contributed by atoms with van der Waals surface area (Å²) in [5.74, 6) is -0.708. The molecule has 1 amide bonds. The van der Waals surface area contributed by atoms with Crippen LogP contribution < -0.4 is 10.3 Å². The fourth-order valence-corrected chi connectivity index (χ4v) is 3.20. The molecule has 0 aromatic heterocycles. The number of carbonyl (C=O) groups is 2. The first-order chi connectivity index (χ1) is 11.4. The topological polar surface area (TPSA) is 61.9 Å². The summed E-state index contributed by atoms with van der Waals surface area (Å²) in [5.41, 5.74) is 4.69. The van der Waals surface area contributed by atoms with Gasteiger partial charge in [-0.1, -0.05) is 36.1 Å². The van der Waals surface area contributed by atoms with Crippen LogP contribution in [-0.2, 0) is 14.3 Å². The number of hydrogen-bond donors (Lipinski definition) is 1. The number of hydrogen-bond acceptors (Lipinski definition) is 7. The van der Waals surface area contributed by atoms with Crippen molar-refractivity contribution in [1.29, 1.82) is 0 Å². The van der Waals surface area contributed by atoms with Crippen LogP contribution in [0.25, 0.3) is 6.08 Å². The van der Waals surface area contributed by atoms with Crippen LogP contribution in [0, 0.1) is 0 Å². The lowest BCUT2D eigenvalue weighted by Gasteiger charge is -2.14. The first-order valence-corrected chi connectivity index (χ1v) is 8.59. The van der Waals surface area contributed by atoms with Crippen molar-refractivity contribution in [1.82, 2.24) is 10.4 Å². The van der Waals surface area contributed by atoms with Crippen LogP contribution >= 0.6 is 24.0 Å². The minimum atomic E-state index is -0.435. The van der Waals surface area contributed by atoms with Crippen LogP contribution in [-0.4, -0.2) is 48.5 Å². The highest BCUT2D eigenvalue weighted by atomic mass is 32.2. The maximum Gasteiger partial charge on any atom is 0.321 e. The van der Waals surface area contributed by atoms with Gasteiger partial charge in [-0.05, 0) is 30.7 Å². The molecule has 1 saturated heterocycles. The molecule has 6 nitrogen and oxygen atoms in total. The minimum Gasteiger partial charge on any atom is -0.465 e. The van der Waals surface area contributed by atoms with Gasteiger partial charge in [-0.2, -0.15) is 0 Å². The number of thioether (sulfide) groups is 1. The summed E-state index contributed by atoms with van der Waals surface area (Å²) in [4.78, 5) is 26.3. The first-order valence-electron chi connectivity index (χ1n) is 7.37. The van der Waals surface area contributed by atoms with Crippen molar-refractivity contribution in [2.24, 2.45) is 0 Å². The predicted molar refractivity (Wildman–Crippen MR) is 100 cm³/mol. The van der Waals surface area contributed by atoms with Gasteiger partial charge in [-0.3, -0.25) is 9.59 Å². The molecule has 0 unspecified atom stereocenters. The van der Waals surface area contributed by atoms with Crippen molar-refractivity contribution >= 4 is 51.9 Å². The fraction of sp³-hybridized carbons (Fsp3) is 0.312. The number of esters is 1. The maximum absolute atomic E-state index is 12.4. The van der Waals surface area contributed by atoms with Crippen LogP contribution in [0.5, 0.6) is 0 Å². The molecule has 24 heavy (non-hydrogen) atoms. The SMILES string of the molecule is CCOC(=O)CNN1C(=O)/C(=C\c2ccc(N(C)C)cc2)SC1=S. The highest BCUT2D eigenvalue weighted by molar-refractivity contribution is 8.26. The van der Waals surface area contributed by atoms with Gasteiger partial charge in [0.05, 0.1) is 11.5 Å². The molecule has 0 radical (unpaired) electrons. The highest BCUT2D eigenvalue weighted by Crippen LogP contribution is 2.31. The van der Waals surface area contributed by atoms with Gasteiger partial charge in [0.25, 0.3) is 5.91 Å². The summed E-state index contributed by atoms with van der Waals surface area (Å²) in [6.07, 6.45) is 1.78. The van der Waals surface area contributed by atoms with Crippen LogP contribution in [0.15, 0.2) is 29.2 Å². The Bertz CT molecular complexity index is 672. The molecule has 0 spiro atoms. The van der Waals surface area contributed by atoms with E-state index in [4.69, 9.17) is 17.0 Å². The van der Waals surface area contributed by atoms with Crippen LogP contribution in [0.4, 0.5) is 5.69 Å². The lowest BCUT2D eigenvalue weighted by Crippen LogP contribution is -2.44. The molecular weight excluding hydrogens is 346 g/mol. The van der Waals surface area contributed by atoms with Crippen LogP contribution in [0.2, 0.25) is 0 Å². The average Bonchev–Trinajstić information content (AvgIpc) is 2.80. The monoisotopic (exact) mass is 365 g/mol. The Morgan fingerprint density at radius 3 is 2.62 bits per heavy atom. The van der Waals surface area contributed by atoms with Gasteiger partial charge in [0.1, 0.15) is 6.54 Å². The number of rotatable bonds is 6. The van der Waals surface area contributed by atoms with Crippen molar-refractivity contribution in [3.8, 4) is 0 Å². The second-order valence-corrected chi connectivity index (χ2v) is 6.82. The summed E-state index contributed by atoms with van der Waals surface area (Å²) in [5, 5.41) is 1.21. The third-order valence-corrected chi connectivity index (χ3v) is 4.49. The number of carbonyl (C=O) groups excluding carboxylic acids is 2. The van der Waals surface area contributed by atoms with E-state index in [9.17, 15) is 9.59 Å². The number of amides is 1. The number of ether oxygens (including phenoxy) is 1. The Hall–Kier alpha value is -1.90. The molecule has 8 heteroatoms. The first kappa shape index (κ1) is 18.4. The zero-order valence-electron chi connectivity index (χ0n) is 13.7. The lowest BCUT2D eigenvalue weighted by atomic mass is 10.2. The van der Waals surface area contributed by atoms with Gasteiger partial charge >= 0.3 is 5.97 Å². The van der Waals surface area contributed by atoms with E-state index in [-0.39, 0.29) is 12.5 Å². The van der Waals surface area contributed by atoms with Crippen molar-refractivity contribution in [3.05, 3.63) is 34.7 Å². The molecule has 1 aromatic rings. The van der Waals surface area contributed by atoms with Gasteiger partial charge in [-0.15, -0.1) is 0 Å². The number of anilines is 1. The normalized spacial score (nSPS) is 16.0.